The maximum atomic E-state index is 13.1. The van der Waals surface area contributed by atoms with Crippen LogP contribution in [0.3, 0.4) is 0 Å². The second-order valence-corrected chi connectivity index (χ2v) is 6.13. The van der Waals surface area contributed by atoms with Gasteiger partial charge in [-0.1, -0.05) is 22.0 Å². The van der Waals surface area contributed by atoms with E-state index in [-0.39, 0.29) is 11.9 Å². The number of halogens is 2. The van der Waals surface area contributed by atoms with Crippen molar-refractivity contribution in [2.24, 2.45) is 12.9 Å². The van der Waals surface area contributed by atoms with Crippen LogP contribution in [0.2, 0.25) is 0 Å². The lowest BCUT2D eigenvalue weighted by molar-refractivity contribution is 0.519. The number of hydrazine groups is 1. The van der Waals surface area contributed by atoms with Crippen molar-refractivity contribution in [3.05, 3.63) is 51.0 Å². The Morgan fingerprint density at radius 3 is 2.62 bits per heavy atom. The zero-order chi connectivity index (χ0) is 15.6. The van der Waals surface area contributed by atoms with E-state index in [9.17, 15) is 4.39 Å². The highest BCUT2D eigenvalue weighted by Crippen LogP contribution is 2.21. The van der Waals surface area contributed by atoms with Crippen molar-refractivity contribution in [3.63, 3.8) is 0 Å². The molecule has 21 heavy (non-hydrogen) atoms. The predicted octanol–water partition coefficient (Wildman–Crippen LogP) is 2.56. The highest BCUT2D eigenvalue weighted by atomic mass is 79.9. The summed E-state index contributed by atoms with van der Waals surface area (Å²) in [6.07, 6.45) is 1.50. The smallest absolute Gasteiger partial charge is 0.124 e. The van der Waals surface area contributed by atoms with Crippen molar-refractivity contribution in [1.29, 1.82) is 0 Å². The van der Waals surface area contributed by atoms with Gasteiger partial charge in [-0.2, -0.15) is 5.10 Å². The van der Waals surface area contributed by atoms with Crippen molar-refractivity contribution in [1.82, 2.24) is 15.2 Å². The Bertz CT molecular complexity index is 639. The molecule has 0 amide bonds. The summed E-state index contributed by atoms with van der Waals surface area (Å²) in [7, 11) is 1.94. The summed E-state index contributed by atoms with van der Waals surface area (Å²) in [4.78, 5) is 0. The average molecular weight is 355 g/mol. The Hall–Kier alpha value is -1.24. The number of nitrogens with two attached hydrogens (primary N) is 1. The second-order valence-electron chi connectivity index (χ2n) is 5.28. The van der Waals surface area contributed by atoms with Crippen LogP contribution in [-0.2, 0) is 19.9 Å². The van der Waals surface area contributed by atoms with Crippen LogP contribution in [0.1, 0.15) is 22.5 Å². The van der Waals surface area contributed by atoms with E-state index in [1.807, 2.05) is 18.7 Å². The minimum atomic E-state index is -0.248. The first-order valence-electron chi connectivity index (χ1n) is 6.81. The highest BCUT2D eigenvalue weighted by molar-refractivity contribution is 9.10. The Morgan fingerprint density at radius 2 is 2.10 bits per heavy atom. The molecule has 1 aromatic carbocycles. The zero-order valence-corrected chi connectivity index (χ0v) is 14.0. The van der Waals surface area contributed by atoms with Crippen LogP contribution in [0.5, 0.6) is 0 Å². The van der Waals surface area contributed by atoms with Gasteiger partial charge in [-0.3, -0.25) is 16.0 Å². The van der Waals surface area contributed by atoms with E-state index in [1.165, 1.54) is 17.7 Å². The summed E-state index contributed by atoms with van der Waals surface area (Å²) in [5.41, 5.74) is 7.25. The lowest BCUT2D eigenvalue weighted by Gasteiger charge is -2.17. The maximum Gasteiger partial charge on any atom is 0.124 e. The number of hydrogen-bond acceptors (Lipinski definition) is 3. The molecule has 0 fully saturated rings. The molecule has 6 heteroatoms. The van der Waals surface area contributed by atoms with E-state index in [4.69, 9.17) is 5.84 Å². The Kier molecular flexibility index (Phi) is 5.13. The van der Waals surface area contributed by atoms with Crippen molar-refractivity contribution < 1.29 is 4.39 Å². The summed E-state index contributed by atoms with van der Waals surface area (Å²) in [5, 5.41) is 4.42. The summed E-state index contributed by atoms with van der Waals surface area (Å²) < 4.78 is 15.8. The SMILES string of the molecule is Cc1nn(C)c(C)c1CC(Cc1ccc(F)cc1Br)NN. The number of benzene rings is 1. The summed E-state index contributed by atoms with van der Waals surface area (Å²) in [6, 6.07) is 4.79. The zero-order valence-electron chi connectivity index (χ0n) is 12.5. The normalized spacial score (nSPS) is 12.7. The largest absolute Gasteiger partial charge is 0.272 e. The molecular formula is C15H20BrFN4. The maximum absolute atomic E-state index is 13.1. The first-order valence-corrected chi connectivity index (χ1v) is 7.60. The van der Waals surface area contributed by atoms with E-state index >= 15 is 0 Å². The average Bonchev–Trinajstić information content (AvgIpc) is 2.67. The molecule has 2 aromatic rings. The van der Waals surface area contributed by atoms with Crippen molar-refractivity contribution in [2.75, 3.05) is 0 Å². The lowest BCUT2D eigenvalue weighted by atomic mass is 9.98. The number of rotatable bonds is 5. The highest BCUT2D eigenvalue weighted by Gasteiger charge is 2.16. The molecular weight excluding hydrogens is 335 g/mol. The van der Waals surface area contributed by atoms with Gasteiger partial charge in [0.05, 0.1) is 5.69 Å². The van der Waals surface area contributed by atoms with Gasteiger partial charge < -0.3 is 0 Å². The molecule has 0 aliphatic carbocycles. The van der Waals surface area contributed by atoms with Crippen molar-refractivity contribution >= 4 is 15.9 Å². The van der Waals surface area contributed by atoms with E-state index in [1.54, 1.807) is 6.07 Å². The van der Waals surface area contributed by atoms with Gasteiger partial charge in [-0.25, -0.2) is 4.39 Å². The van der Waals surface area contributed by atoms with Crippen molar-refractivity contribution in [3.8, 4) is 0 Å². The number of nitrogens with zero attached hydrogens (tertiary/aromatic N) is 2. The topological polar surface area (TPSA) is 55.9 Å². The Labute approximate surface area is 132 Å². The quantitative estimate of drug-likeness (QED) is 0.640. The molecule has 1 atom stereocenters. The molecule has 114 valence electrons. The molecule has 1 unspecified atom stereocenters. The molecule has 0 aliphatic heterocycles. The summed E-state index contributed by atoms with van der Waals surface area (Å²) >= 11 is 3.40. The van der Waals surface area contributed by atoms with Crippen LogP contribution < -0.4 is 11.3 Å². The molecule has 0 aliphatic rings. The van der Waals surface area contributed by atoms with Crippen LogP contribution in [0, 0.1) is 19.7 Å². The van der Waals surface area contributed by atoms with Gasteiger partial charge in [0.2, 0.25) is 0 Å². The third kappa shape index (κ3) is 3.70. The Morgan fingerprint density at radius 1 is 1.38 bits per heavy atom. The first-order chi connectivity index (χ1) is 9.92. The van der Waals surface area contributed by atoms with Crippen LogP contribution in [0.15, 0.2) is 22.7 Å². The third-order valence-corrected chi connectivity index (χ3v) is 4.56. The first kappa shape index (κ1) is 16.1. The molecule has 0 radical (unpaired) electrons. The van der Waals surface area contributed by atoms with Gasteiger partial charge in [-0.05, 0) is 49.9 Å². The van der Waals surface area contributed by atoms with E-state index in [2.05, 4.69) is 33.4 Å². The Balaban J connectivity index is 2.17. The van der Waals surface area contributed by atoms with Crippen molar-refractivity contribution in [2.45, 2.75) is 32.7 Å². The number of nitrogens with one attached hydrogen (secondary N) is 1. The monoisotopic (exact) mass is 354 g/mol. The fourth-order valence-corrected chi connectivity index (χ4v) is 3.01. The van der Waals surface area contributed by atoms with Crippen LogP contribution in [0.4, 0.5) is 4.39 Å². The van der Waals surface area contributed by atoms with Crippen LogP contribution in [-0.4, -0.2) is 15.8 Å². The summed E-state index contributed by atoms with van der Waals surface area (Å²) in [6.45, 7) is 4.06. The molecule has 1 heterocycles. The van der Waals surface area contributed by atoms with E-state index < -0.39 is 0 Å². The van der Waals surface area contributed by atoms with Crippen LogP contribution in [0.25, 0.3) is 0 Å². The minimum Gasteiger partial charge on any atom is -0.272 e. The molecule has 0 saturated carbocycles. The predicted molar refractivity (Wildman–Crippen MR) is 85.3 cm³/mol. The van der Waals surface area contributed by atoms with Crippen LogP contribution >= 0.6 is 15.9 Å². The standard InChI is InChI=1S/C15H20BrFN4/c1-9-14(10(2)21(3)20-9)8-13(19-18)6-11-4-5-12(17)7-15(11)16/h4-5,7,13,19H,6,8,18H2,1-3H3. The number of hydrogen-bond donors (Lipinski definition) is 2. The van der Waals surface area contributed by atoms with Gasteiger partial charge in [0, 0.05) is 23.3 Å². The summed E-state index contributed by atoms with van der Waals surface area (Å²) in [5.74, 6) is 5.44. The van der Waals surface area contributed by atoms with Gasteiger partial charge in [0.15, 0.2) is 0 Å². The molecule has 4 nitrogen and oxygen atoms in total. The van der Waals surface area contributed by atoms with Gasteiger partial charge in [0.1, 0.15) is 5.82 Å². The minimum absolute atomic E-state index is 0.0633. The number of aryl methyl sites for hydroxylation is 2. The van der Waals surface area contributed by atoms with Gasteiger partial charge in [-0.15, -0.1) is 0 Å². The molecule has 2 rings (SSSR count). The second kappa shape index (κ2) is 6.68. The lowest BCUT2D eigenvalue weighted by Crippen LogP contribution is -2.38. The molecule has 3 N–H and O–H groups in total. The molecule has 0 saturated heterocycles. The fraction of sp³-hybridized carbons (Fsp3) is 0.400. The third-order valence-electron chi connectivity index (χ3n) is 3.83. The molecule has 0 bridgehead atoms. The number of aromatic nitrogens is 2. The fourth-order valence-electron chi connectivity index (χ4n) is 2.50. The van der Waals surface area contributed by atoms with E-state index in [0.717, 1.165) is 27.8 Å². The molecule has 0 spiro atoms. The van der Waals surface area contributed by atoms with Gasteiger partial charge >= 0.3 is 0 Å². The molecule has 1 aromatic heterocycles. The van der Waals surface area contributed by atoms with E-state index in [0.29, 0.717) is 6.42 Å². The van der Waals surface area contributed by atoms with Gasteiger partial charge in [0.25, 0.3) is 0 Å².